The first-order chi connectivity index (χ1) is 14.4. The summed E-state index contributed by atoms with van der Waals surface area (Å²) in [6.45, 7) is 0.873. The minimum atomic E-state index is -4.02. The number of nitrogens with zero attached hydrogens (tertiary/aromatic N) is 2. The number of hydrogen-bond donors (Lipinski definition) is 2. The monoisotopic (exact) mass is 430 g/mol. The zero-order valence-electron chi connectivity index (χ0n) is 16.4. The zero-order valence-corrected chi connectivity index (χ0v) is 17.2. The average molecular weight is 430 g/mol. The van der Waals surface area contributed by atoms with E-state index < -0.39 is 15.8 Å². The molecule has 0 amide bonds. The molecule has 1 heterocycles. The van der Waals surface area contributed by atoms with Gasteiger partial charge in [0.05, 0.1) is 36.6 Å². The number of rotatable bonds is 5. The highest BCUT2D eigenvalue weighted by Crippen LogP contribution is 2.41. The molecule has 30 heavy (non-hydrogen) atoms. The third-order valence-electron chi connectivity index (χ3n) is 5.15. The normalized spacial score (nSPS) is 22.3. The van der Waals surface area contributed by atoms with Crippen LogP contribution in [0.15, 0.2) is 69.6 Å². The Morgan fingerprint density at radius 1 is 1.20 bits per heavy atom. The second-order valence-electron chi connectivity index (χ2n) is 6.91. The smallest absolute Gasteiger partial charge is 0.282 e. The summed E-state index contributed by atoms with van der Waals surface area (Å²) in [6.07, 6.45) is 1.51. The van der Waals surface area contributed by atoms with Crippen LogP contribution >= 0.6 is 0 Å². The lowest BCUT2D eigenvalue weighted by atomic mass is 9.86. The molecule has 0 saturated carbocycles. The molecule has 0 spiro atoms. The molecule has 2 aromatic rings. The van der Waals surface area contributed by atoms with Crippen LogP contribution in [-0.4, -0.2) is 62.7 Å². The van der Waals surface area contributed by atoms with Crippen LogP contribution in [0.5, 0.6) is 5.75 Å². The van der Waals surface area contributed by atoms with Crippen molar-refractivity contribution in [1.82, 2.24) is 4.90 Å². The van der Waals surface area contributed by atoms with Gasteiger partial charge in [-0.3, -0.25) is 0 Å². The van der Waals surface area contributed by atoms with E-state index in [-0.39, 0.29) is 30.4 Å². The highest BCUT2D eigenvalue weighted by atomic mass is 32.2. The zero-order chi connectivity index (χ0) is 21.4. The quantitative estimate of drug-likeness (QED) is 0.735. The Hall–Kier alpha value is -2.72. The maximum absolute atomic E-state index is 13.0. The molecule has 9 heteroatoms. The van der Waals surface area contributed by atoms with Gasteiger partial charge < -0.3 is 24.6 Å². The van der Waals surface area contributed by atoms with E-state index in [0.29, 0.717) is 29.1 Å². The number of methoxy groups -OCH3 is 1. The van der Waals surface area contributed by atoms with E-state index in [1.807, 2.05) is 0 Å². The van der Waals surface area contributed by atoms with Gasteiger partial charge in [-0.1, -0.05) is 24.3 Å². The fourth-order valence-electron chi connectivity index (χ4n) is 3.68. The van der Waals surface area contributed by atoms with E-state index in [0.717, 1.165) is 0 Å². The van der Waals surface area contributed by atoms with Crippen LogP contribution in [-0.2, 0) is 20.5 Å². The fraction of sp³-hybridized carbons (Fsp3) is 0.286. The lowest BCUT2D eigenvalue weighted by Crippen LogP contribution is -2.50. The van der Waals surface area contributed by atoms with E-state index in [2.05, 4.69) is 4.40 Å². The minimum Gasteiger partial charge on any atom is -0.497 e. The second-order valence-corrected chi connectivity index (χ2v) is 8.51. The number of hydrogen-bond acceptors (Lipinski definition) is 7. The van der Waals surface area contributed by atoms with Crippen LogP contribution in [0.3, 0.4) is 0 Å². The summed E-state index contributed by atoms with van der Waals surface area (Å²) in [6, 6.07) is 12.8. The van der Waals surface area contributed by atoms with E-state index in [9.17, 15) is 18.6 Å². The van der Waals surface area contributed by atoms with Gasteiger partial charge in [-0.05, 0) is 30.3 Å². The molecule has 1 aliphatic carbocycles. The van der Waals surface area contributed by atoms with Crippen molar-refractivity contribution in [3.05, 3.63) is 71.4 Å². The summed E-state index contributed by atoms with van der Waals surface area (Å²) in [5, 5.41) is 20.7. The Kier molecular flexibility index (Phi) is 5.37. The molecule has 4 rings (SSSR count). The van der Waals surface area contributed by atoms with Crippen LogP contribution in [0.2, 0.25) is 0 Å². The lowest BCUT2D eigenvalue weighted by molar-refractivity contribution is -0.219. The molecule has 0 radical (unpaired) electrons. The number of benzene rings is 2. The van der Waals surface area contributed by atoms with Gasteiger partial charge in [0.25, 0.3) is 10.0 Å². The van der Waals surface area contributed by atoms with Crippen LogP contribution in [0.25, 0.3) is 0 Å². The predicted octanol–water partition coefficient (Wildman–Crippen LogP) is 1.24. The first-order valence-electron chi connectivity index (χ1n) is 9.42. The number of allylic oxidation sites excluding steroid dienone is 1. The highest BCUT2D eigenvalue weighted by molar-refractivity contribution is 7.90. The van der Waals surface area contributed by atoms with Gasteiger partial charge in [-0.25, -0.2) is 0 Å². The SMILES string of the molecule is COc1ccc(S(=O)(=O)N=C2C=C3N(CCO)CCO[C@]3(O)c3ccccc32)cc1. The topological polar surface area (TPSA) is 109 Å². The molecule has 1 aliphatic heterocycles. The van der Waals surface area contributed by atoms with Crippen molar-refractivity contribution in [2.75, 3.05) is 33.4 Å². The number of ether oxygens (including phenoxy) is 2. The Bertz CT molecular complexity index is 1110. The minimum absolute atomic E-state index is 0.0274. The Morgan fingerprint density at radius 3 is 2.63 bits per heavy atom. The van der Waals surface area contributed by atoms with Crippen molar-refractivity contribution in [3.8, 4) is 5.75 Å². The summed E-state index contributed by atoms with van der Waals surface area (Å²) >= 11 is 0. The first-order valence-corrected chi connectivity index (χ1v) is 10.9. The molecule has 1 saturated heterocycles. The van der Waals surface area contributed by atoms with Gasteiger partial charge in [0, 0.05) is 24.2 Å². The largest absolute Gasteiger partial charge is 0.497 e. The number of morpholine rings is 1. The molecule has 2 aromatic carbocycles. The van der Waals surface area contributed by atoms with Gasteiger partial charge in [0.1, 0.15) is 5.75 Å². The van der Waals surface area contributed by atoms with Crippen LogP contribution in [0.1, 0.15) is 11.1 Å². The van der Waals surface area contributed by atoms with Crippen molar-refractivity contribution in [2.45, 2.75) is 10.7 Å². The molecule has 0 bridgehead atoms. The van der Waals surface area contributed by atoms with E-state index in [1.54, 1.807) is 41.3 Å². The van der Waals surface area contributed by atoms with Crippen LogP contribution in [0, 0.1) is 0 Å². The van der Waals surface area contributed by atoms with Crippen LogP contribution < -0.4 is 4.74 Å². The number of sulfonamides is 1. The Balaban J connectivity index is 1.85. The molecular weight excluding hydrogens is 408 g/mol. The summed E-state index contributed by atoms with van der Waals surface area (Å²) in [5.41, 5.74) is 1.42. The van der Waals surface area contributed by atoms with E-state index in [1.165, 1.54) is 25.3 Å². The third-order valence-corrected chi connectivity index (χ3v) is 6.45. The van der Waals surface area contributed by atoms with Gasteiger partial charge >= 0.3 is 0 Å². The van der Waals surface area contributed by atoms with Crippen LogP contribution in [0.4, 0.5) is 0 Å². The first kappa shape index (κ1) is 20.5. The number of aliphatic hydroxyl groups is 2. The molecule has 1 fully saturated rings. The van der Waals surface area contributed by atoms with Crippen molar-refractivity contribution < 1.29 is 28.1 Å². The fourth-order valence-corrected chi connectivity index (χ4v) is 4.68. The third kappa shape index (κ3) is 3.50. The van der Waals surface area contributed by atoms with Gasteiger partial charge in [0.2, 0.25) is 5.79 Å². The summed E-state index contributed by atoms with van der Waals surface area (Å²) in [7, 11) is -2.52. The van der Waals surface area contributed by atoms with E-state index >= 15 is 0 Å². The molecule has 1 atom stereocenters. The highest BCUT2D eigenvalue weighted by Gasteiger charge is 2.46. The molecule has 2 aliphatic rings. The second kappa shape index (κ2) is 7.84. The van der Waals surface area contributed by atoms with Crippen molar-refractivity contribution in [2.24, 2.45) is 4.40 Å². The van der Waals surface area contributed by atoms with Crippen molar-refractivity contribution in [1.29, 1.82) is 0 Å². The lowest BCUT2D eigenvalue weighted by Gasteiger charge is -2.45. The molecule has 8 nitrogen and oxygen atoms in total. The number of fused-ring (bicyclic) bond motifs is 3. The van der Waals surface area contributed by atoms with Gasteiger partial charge in [0.15, 0.2) is 0 Å². The van der Waals surface area contributed by atoms with Gasteiger partial charge in [-0.2, -0.15) is 12.8 Å². The average Bonchev–Trinajstić information content (AvgIpc) is 2.75. The maximum Gasteiger partial charge on any atom is 0.282 e. The maximum atomic E-state index is 13.0. The Labute approximate surface area is 174 Å². The van der Waals surface area contributed by atoms with Crippen molar-refractivity contribution >= 4 is 15.7 Å². The number of aliphatic hydroxyl groups excluding tert-OH is 1. The molecule has 2 N–H and O–H groups in total. The van der Waals surface area contributed by atoms with Crippen molar-refractivity contribution in [3.63, 3.8) is 0 Å². The summed E-state index contributed by atoms with van der Waals surface area (Å²) < 4.78 is 40.8. The van der Waals surface area contributed by atoms with Gasteiger partial charge in [-0.15, -0.1) is 0 Å². The standard InChI is InChI=1S/C21H22N2O6S/c1-28-15-6-8-16(9-7-15)30(26,27)22-19-14-20-21(25,18-5-3-2-4-17(18)19)29-13-11-23(20)10-12-24/h2-9,14,24-25H,10-13H2,1H3/t21-/m1/s1. The van der Waals surface area contributed by atoms with E-state index in [4.69, 9.17) is 9.47 Å². The summed E-state index contributed by atoms with van der Waals surface area (Å²) in [5.74, 6) is -1.19. The Morgan fingerprint density at radius 2 is 1.93 bits per heavy atom. The molecule has 158 valence electrons. The summed E-state index contributed by atoms with van der Waals surface area (Å²) in [4.78, 5) is 1.80. The molecule has 0 aromatic heterocycles. The predicted molar refractivity (Wildman–Crippen MR) is 110 cm³/mol. The molecule has 0 unspecified atom stereocenters. The number of β-amino-alcohol motifs (C(OH)–C–C–N with tert-alkyl or cyclic N) is 1. The molecular formula is C21H22N2O6S.